The number of nitrogens with zero attached hydrogens (tertiary/aromatic N) is 1. The van der Waals surface area contributed by atoms with Crippen LogP contribution in [-0.2, 0) is 9.53 Å². The van der Waals surface area contributed by atoms with E-state index < -0.39 is 17.7 Å². The van der Waals surface area contributed by atoms with Crippen molar-refractivity contribution in [1.82, 2.24) is 4.90 Å². The first-order chi connectivity index (χ1) is 8.74. The standard InChI is InChI=1S/C14H18ClNO3/c1-14(2,3)19-13(18)16(4)12(9-17)10-6-5-7-11(15)8-10/h5-9,12H,1-4H3. The van der Waals surface area contributed by atoms with Crippen molar-refractivity contribution < 1.29 is 14.3 Å². The van der Waals surface area contributed by atoms with Crippen molar-refractivity contribution in [2.75, 3.05) is 7.05 Å². The molecule has 1 amide bonds. The number of carbonyl (C=O) groups is 2. The molecule has 1 aromatic rings. The third-order valence-electron chi connectivity index (χ3n) is 2.42. The lowest BCUT2D eigenvalue weighted by Gasteiger charge is -2.28. The molecule has 0 aliphatic carbocycles. The normalized spacial score (nSPS) is 12.7. The SMILES string of the molecule is CN(C(=O)OC(C)(C)C)C(C=O)c1cccc(Cl)c1. The molecule has 0 saturated carbocycles. The van der Waals surface area contributed by atoms with Crippen LogP contribution in [0.2, 0.25) is 5.02 Å². The highest BCUT2D eigenvalue weighted by molar-refractivity contribution is 6.30. The molecule has 0 bridgehead atoms. The number of benzene rings is 1. The fourth-order valence-electron chi connectivity index (χ4n) is 1.53. The summed E-state index contributed by atoms with van der Waals surface area (Å²) in [6.45, 7) is 5.32. The fourth-order valence-corrected chi connectivity index (χ4v) is 1.73. The van der Waals surface area contributed by atoms with Gasteiger partial charge in [-0.2, -0.15) is 0 Å². The van der Waals surface area contributed by atoms with E-state index in [1.54, 1.807) is 45.0 Å². The summed E-state index contributed by atoms with van der Waals surface area (Å²) < 4.78 is 5.23. The Morgan fingerprint density at radius 2 is 2.05 bits per heavy atom. The van der Waals surface area contributed by atoms with E-state index in [9.17, 15) is 9.59 Å². The molecule has 0 aliphatic rings. The van der Waals surface area contributed by atoms with Gasteiger partial charge in [-0.15, -0.1) is 0 Å². The molecule has 19 heavy (non-hydrogen) atoms. The Morgan fingerprint density at radius 3 is 2.53 bits per heavy atom. The summed E-state index contributed by atoms with van der Waals surface area (Å²) in [5.41, 5.74) is 0.0449. The van der Waals surface area contributed by atoms with E-state index in [4.69, 9.17) is 16.3 Å². The summed E-state index contributed by atoms with van der Waals surface area (Å²) in [5.74, 6) is 0. The Kier molecular flexibility index (Phi) is 4.95. The average Bonchev–Trinajstić information content (AvgIpc) is 2.27. The summed E-state index contributed by atoms with van der Waals surface area (Å²) in [5, 5.41) is 0.516. The topological polar surface area (TPSA) is 46.6 Å². The molecule has 1 unspecified atom stereocenters. The van der Waals surface area contributed by atoms with Gasteiger partial charge in [0.1, 0.15) is 17.9 Å². The van der Waals surface area contributed by atoms with Crippen LogP contribution in [0, 0.1) is 0 Å². The highest BCUT2D eigenvalue weighted by Gasteiger charge is 2.26. The highest BCUT2D eigenvalue weighted by Crippen LogP contribution is 2.22. The molecule has 4 nitrogen and oxygen atoms in total. The van der Waals surface area contributed by atoms with Crippen LogP contribution in [0.5, 0.6) is 0 Å². The van der Waals surface area contributed by atoms with Crippen LogP contribution in [-0.4, -0.2) is 29.9 Å². The predicted octanol–water partition coefficient (Wildman–Crippen LogP) is 3.45. The van der Waals surface area contributed by atoms with Crippen LogP contribution >= 0.6 is 11.6 Å². The van der Waals surface area contributed by atoms with Crippen LogP contribution in [0.25, 0.3) is 0 Å². The zero-order valence-corrected chi connectivity index (χ0v) is 12.3. The summed E-state index contributed by atoms with van der Waals surface area (Å²) >= 11 is 5.89. The first kappa shape index (κ1) is 15.5. The molecule has 5 heteroatoms. The van der Waals surface area contributed by atoms with Crippen LogP contribution < -0.4 is 0 Å². The lowest BCUT2D eigenvalue weighted by atomic mass is 10.1. The Labute approximate surface area is 118 Å². The second-order valence-electron chi connectivity index (χ2n) is 5.23. The average molecular weight is 284 g/mol. The highest BCUT2D eigenvalue weighted by atomic mass is 35.5. The van der Waals surface area contributed by atoms with E-state index in [0.717, 1.165) is 0 Å². The van der Waals surface area contributed by atoms with Gasteiger partial charge in [0.2, 0.25) is 0 Å². The number of likely N-dealkylation sites (N-methyl/N-ethyl adjacent to an activating group) is 1. The molecule has 104 valence electrons. The second-order valence-corrected chi connectivity index (χ2v) is 5.66. The largest absolute Gasteiger partial charge is 0.444 e. The summed E-state index contributed by atoms with van der Waals surface area (Å²) in [6, 6.07) is 6.12. The number of ether oxygens (including phenoxy) is 1. The summed E-state index contributed by atoms with van der Waals surface area (Å²) in [4.78, 5) is 24.4. The Morgan fingerprint density at radius 1 is 1.42 bits per heavy atom. The maximum Gasteiger partial charge on any atom is 0.410 e. The quantitative estimate of drug-likeness (QED) is 0.798. The number of rotatable bonds is 3. The summed E-state index contributed by atoms with van der Waals surface area (Å²) in [6.07, 6.45) is 0.139. The van der Waals surface area contributed by atoms with Gasteiger partial charge in [0, 0.05) is 12.1 Å². The Bertz CT molecular complexity index is 468. The van der Waals surface area contributed by atoms with Crippen LogP contribution in [0.3, 0.4) is 0 Å². The number of carbonyl (C=O) groups excluding carboxylic acids is 2. The molecule has 0 radical (unpaired) electrons. The second kappa shape index (κ2) is 6.06. The molecule has 1 rings (SSSR count). The van der Waals surface area contributed by atoms with Crippen molar-refractivity contribution in [3.63, 3.8) is 0 Å². The van der Waals surface area contributed by atoms with Gasteiger partial charge in [0.15, 0.2) is 0 Å². The zero-order valence-electron chi connectivity index (χ0n) is 11.5. The Hall–Kier alpha value is -1.55. The van der Waals surface area contributed by atoms with Crippen molar-refractivity contribution in [2.24, 2.45) is 0 Å². The molecule has 0 saturated heterocycles. The number of halogens is 1. The molecule has 0 aromatic heterocycles. The van der Waals surface area contributed by atoms with Gasteiger partial charge >= 0.3 is 6.09 Å². The predicted molar refractivity (Wildman–Crippen MR) is 74.3 cm³/mol. The number of amides is 1. The van der Waals surface area contributed by atoms with Crippen LogP contribution in [0.15, 0.2) is 24.3 Å². The van der Waals surface area contributed by atoms with E-state index in [0.29, 0.717) is 16.9 Å². The molecule has 0 spiro atoms. The minimum Gasteiger partial charge on any atom is -0.444 e. The molecule has 0 fully saturated rings. The lowest BCUT2D eigenvalue weighted by Crippen LogP contribution is -2.37. The van der Waals surface area contributed by atoms with Gasteiger partial charge in [-0.1, -0.05) is 23.7 Å². The fraction of sp³-hybridized carbons (Fsp3) is 0.429. The molecule has 0 aliphatic heterocycles. The molecular formula is C14H18ClNO3. The van der Waals surface area contributed by atoms with Crippen molar-refractivity contribution >= 4 is 24.0 Å². The van der Waals surface area contributed by atoms with Gasteiger partial charge in [-0.3, -0.25) is 4.90 Å². The lowest BCUT2D eigenvalue weighted by molar-refractivity contribution is -0.112. The molecule has 1 aromatic carbocycles. The molecule has 0 N–H and O–H groups in total. The maximum absolute atomic E-state index is 11.9. The van der Waals surface area contributed by atoms with Gasteiger partial charge in [-0.05, 0) is 38.5 Å². The van der Waals surface area contributed by atoms with Crippen molar-refractivity contribution in [3.05, 3.63) is 34.9 Å². The van der Waals surface area contributed by atoms with Gasteiger partial charge < -0.3 is 9.53 Å². The van der Waals surface area contributed by atoms with E-state index in [2.05, 4.69) is 0 Å². The zero-order chi connectivity index (χ0) is 14.6. The van der Waals surface area contributed by atoms with E-state index in [-0.39, 0.29) is 0 Å². The van der Waals surface area contributed by atoms with Gasteiger partial charge in [0.25, 0.3) is 0 Å². The van der Waals surface area contributed by atoms with Crippen molar-refractivity contribution in [2.45, 2.75) is 32.4 Å². The molecule has 1 atom stereocenters. The Balaban J connectivity index is 2.91. The van der Waals surface area contributed by atoms with Crippen LogP contribution in [0.4, 0.5) is 4.79 Å². The van der Waals surface area contributed by atoms with E-state index in [1.807, 2.05) is 0 Å². The smallest absolute Gasteiger partial charge is 0.410 e. The number of hydrogen-bond donors (Lipinski definition) is 0. The minimum absolute atomic E-state index is 0.516. The maximum atomic E-state index is 11.9. The van der Waals surface area contributed by atoms with Crippen molar-refractivity contribution in [3.8, 4) is 0 Å². The third kappa shape index (κ3) is 4.56. The van der Waals surface area contributed by atoms with Gasteiger partial charge in [-0.25, -0.2) is 4.79 Å². The van der Waals surface area contributed by atoms with E-state index >= 15 is 0 Å². The third-order valence-corrected chi connectivity index (χ3v) is 2.65. The monoisotopic (exact) mass is 283 g/mol. The first-order valence-electron chi connectivity index (χ1n) is 5.91. The molecule has 0 heterocycles. The van der Waals surface area contributed by atoms with E-state index in [1.165, 1.54) is 11.9 Å². The summed E-state index contributed by atoms with van der Waals surface area (Å²) in [7, 11) is 1.52. The van der Waals surface area contributed by atoms with Crippen molar-refractivity contribution in [1.29, 1.82) is 0 Å². The van der Waals surface area contributed by atoms with Gasteiger partial charge in [0.05, 0.1) is 0 Å². The number of hydrogen-bond acceptors (Lipinski definition) is 3. The molecular weight excluding hydrogens is 266 g/mol. The first-order valence-corrected chi connectivity index (χ1v) is 6.29. The number of aldehydes is 1. The minimum atomic E-state index is -0.714. The van der Waals surface area contributed by atoms with Crippen LogP contribution in [0.1, 0.15) is 32.4 Å².